The largest absolute Gasteiger partial charge is 0.493 e. The molecule has 0 N–H and O–H groups in total. The van der Waals surface area contributed by atoms with Gasteiger partial charge in [-0.25, -0.2) is 0 Å². The maximum Gasteiger partial charge on any atom is 0.225 e. The maximum atomic E-state index is 12.6. The first kappa shape index (κ1) is 18.3. The molecule has 0 aromatic heterocycles. The molecule has 2 atom stereocenters. The van der Waals surface area contributed by atoms with Crippen molar-refractivity contribution < 1.29 is 14.3 Å². The highest BCUT2D eigenvalue weighted by Gasteiger charge is 2.44. The normalized spacial score (nSPS) is 26.3. The topological polar surface area (TPSA) is 49.9 Å². The molecule has 146 valence electrons. The van der Waals surface area contributed by atoms with Crippen LogP contribution in [-0.2, 0) is 9.59 Å². The zero-order chi connectivity index (χ0) is 18.8. The van der Waals surface area contributed by atoms with Crippen LogP contribution in [0.25, 0.3) is 0 Å². The van der Waals surface area contributed by atoms with Crippen LogP contribution >= 0.6 is 0 Å². The van der Waals surface area contributed by atoms with Crippen molar-refractivity contribution in [1.29, 1.82) is 0 Å². The zero-order valence-electron chi connectivity index (χ0n) is 16.2. The van der Waals surface area contributed by atoms with Crippen molar-refractivity contribution in [3.63, 3.8) is 0 Å². The molecule has 0 bridgehead atoms. The van der Waals surface area contributed by atoms with Gasteiger partial charge in [0.15, 0.2) is 0 Å². The van der Waals surface area contributed by atoms with Gasteiger partial charge in [-0.1, -0.05) is 18.2 Å². The molecule has 1 aliphatic carbocycles. The van der Waals surface area contributed by atoms with E-state index in [4.69, 9.17) is 4.74 Å². The first-order chi connectivity index (χ1) is 13.1. The van der Waals surface area contributed by atoms with Crippen molar-refractivity contribution in [2.75, 3.05) is 32.8 Å². The fourth-order valence-corrected chi connectivity index (χ4v) is 4.74. The van der Waals surface area contributed by atoms with Gasteiger partial charge in [0.25, 0.3) is 0 Å². The Balaban J connectivity index is 1.41. The van der Waals surface area contributed by atoms with Gasteiger partial charge in [0, 0.05) is 44.9 Å². The molecule has 4 rings (SSSR count). The van der Waals surface area contributed by atoms with Gasteiger partial charge in [-0.3, -0.25) is 9.59 Å². The van der Waals surface area contributed by atoms with Crippen LogP contribution in [0.2, 0.25) is 0 Å². The number of carbonyl (C=O) groups is 2. The summed E-state index contributed by atoms with van der Waals surface area (Å²) in [7, 11) is 0. The third-order valence-corrected chi connectivity index (χ3v) is 6.53. The molecule has 3 aliphatic rings. The SMILES string of the molecule is CC(=O)N1CCC([C@@H]2CN(C(=O)C3CC3)C[C@H]2COc2ccccc2)CC1. The van der Waals surface area contributed by atoms with Crippen molar-refractivity contribution in [2.24, 2.45) is 23.7 Å². The lowest BCUT2D eigenvalue weighted by Crippen LogP contribution is -2.40. The third-order valence-electron chi connectivity index (χ3n) is 6.53. The summed E-state index contributed by atoms with van der Waals surface area (Å²) in [6.45, 7) is 5.69. The number of likely N-dealkylation sites (tertiary alicyclic amines) is 2. The molecule has 2 amide bonds. The predicted octanol–water partition coefficient (Wildman–Crippen LogP) is 2.81. The predicted molar refractivity (Wildman–Crippen MR) is 103 cm³/mol. The van der Waals surface area contributed by atoms with Gasteiger partial charge < -0.3 is 14.5 Å². The molecule has 2 saturated heterocycles. The summed E-state index contributed by atoms with van der Waals surface area (Å²) in [6.07, 6.45) is 4.19. The molecule has 5 heteroatoms. The summed E-state index contributed by atoms with van der Waals surface area (Å²) in [4.78, 5) is 28.3. The van der Waals surface area contributed by atoms with Crippen molar-refractivity contribution in [3.05, 3.63) is 30.3 Å². The van der Waals surface area contributed by atoms with Crippen LogP contribution in [0, 0.1) is 23.7 Å². The van der Waals surface area contributed by atoms with Crippen LogP contribution < -0.4 is 4.74 Å². The van der Waals surface area contributed by atoms with Crippen LogP contribution in [0.4, 0.5) is 0 Å². The molecule has 0 radical (unpaired) electrons. The van der Waals surface area contributed by atoms with Gasteiger partial charge in [-0.2, -0.15) is 0 Å². The van der Waals surface area contributed by atoms with Crippen LogP contribution in [0.1, 0.15) is 32.6 Å². The highest BCUT2D eigenvalue weighted by molar-refractivity contribution is 5.81. The fraction of sp³-hybridized carbons (Fsp3) is 0.636. The average Bonchev–Trinajstić information content (AvgIpc) is 3.46. The van der Waals surface area contributed by atoms with Crippen molar-refractivity contribution in [3.8, 4) is 5.75 Å². The van der Waals surface area contributed by atoms with Gasteiger partial charge >= 0.3 is 0 Å². The minimum absolute atomic E-state index is 0.175. The Hall–Kier alpha value is -2.04. The summed E-state index contributed by atoms with van der Waals surface area (Å²) in [6, 6.07) is 9.94. The Bertz CT molecular complexity index is 665. The first-order valence-electron chi connectivity index (χ1n) is 10.3. The summed E-state index contributed by atoms with van der Waals surface area (Å²) < 4.78 is 6.07. The standard InChI is InChI=1S/C22H30N2O3/c1-16(25)23-11-9-17(10-12-23)21-14-24(22(26)18-7-8-18)13-19(21)15-27-20-5-3-2-4-6-20/h2-6,17-19,21H,7-15H2,1H3/t19-,21-/m0/s1. The molecule has 27 heavy (non-hydrogen) atoms. The Labute approximate surface area is 161 Å². The minimum atomic E-state index is 0.175. The number of piperidine rings is 1. The number of benzene rings is 1. The second kappa shape index (κ2) is 7.91. The Morgan fingerprint density at radius 2 is 1.70 bits per heavy atom. The van der Waals surface area contributed by atoms with E-state index in [1.807, 2.05) is 35.2 Å². The highest BCUT2D eigenvalue weighted by atomic mass is 16.5. The van der Waals surface area contributed by atoms with Gasteiger partial charge in [-0.05, 0) is 49.7 Å². The average molecular weight is 370 g/mol. The summed E-state index contributed by atoms with van der Waals surface area (Å²) >= 11 is 0. The van der Waals surface area contributed by atoms with E-state index in [0.717, 1.165) is 57.6 Å². The number of amides is 2. The summed E-state index contributed by atoms with van der Waals surface area (Å²) in [5, 5.41) is 0. The Kier molecular flexibility index (Phi) is 5.37. The third kappa shape index (κ3) is 4.28. The highest BCUT2D eigenvalue weighted by Crippen LogP contribution is 2.39. The molecule has 0 spiro atoms. The van der Waals surface area contributed by atoms with Crippen LogP contribution in [-0.4, -0.2) is 54.4 Å². The van der Waals surface area contributed by atoms with Crippen LogP contribution in [0.15, 0.2) is 30.3 Å². The Morgan fingerprint density at radius 1 is 1.00 bits per heavy atom. The molecule has 2 heterocycles. The van der Waals surface area contributed by atoms with Crippen molar-refractivity contribution >= 4 is 11.8 Å². The number of para-hydroxylation sites is 1. The van der Waals surface area contributed by atoms with Gasteiger partial charge in [0.1, 0.15) is 5.75 Å². The first-order valence-corrected chi connectivity index (χ1v) is 10.3. The molecule has 1 aromatic rings. The lowest BCUT2D eigenvalue weighted by molar-refractivity contribution is -0.131. The molecular weight excluding hydrogens is 340 g/mol. The zero-order valence-corrected chi connectivity index (χ0v) is 16.2. The Morgan fingerprint density at radius 3 is 2.33 bits per heavy atom. The van der Waals surface area contributed by atoms with Gasteiger partial charge in [0.2, 0.25) is 11.8 Å². The monoisotopic (exact) mass is 370 g/mol. The molecule has 1 saturated carbocycles. The fourth-order valence-electron chi connectivity index (χ4n) is 4.74. The van der Waals surface area contributed by atoms with Crippen LogP contribution in [0.5, 0.6) is 5.75 Å². The molecule has 3 fully saturated rings. The van der Waals surface area contributed by atoms with E-state index in [2.05, 4.69) is 4.90 Å². The molecule has 2 aliphatic heterocycles. The van der Waals surface area contributed by atoms with E-state index in [9.17, 15) is 9.59 Å². The number of hydrogen-bond donors (Lipinski definition) is 0. The second-order valence-electron chi connectivity index (χ2n) is 8.41. The maximum absolute atomic E-state index is 12.6. The van der Waals surface area contributed by atoms with E-state index in [1.54, 1.807) is 6.92 Å². The number of hydrogen-bond acceptors (Lipinski definition) is 3. The van der Waals surface area contributed by atoms with E-state index < -0.39 is 0 Å². The lowest BCUT2D eigenvalue weighted by atomic mass is 9.78. The summed E-state index contributed by atoms with van der Waals surface area (Å²) in [5.41, 5.74) is 0. The quantitative estimate of drug-likeness (QED) is 0.801. The van der Waals surface area contributed by atoms with Crippen molar-refractivity contribution in [2.45, 2.75) is 32.6 Å². The lowest BCUT2D eigenvalue weighted by Gasteiger charge is -2.36. The summed E-state index contributed by atoms with van der Waals surface area (Å²) in [5.74, 6) is 3.13. The molecular formula is C22H30N2O3. The number of carbonyl (C=O) groups excluding carboxylic acids is 2. The van der Waals surface area contributed by atoms with Gasteiger partial charge in [0.05, 0.1) is 6.61 Å². The molecule has 0 unspecified atom stereocenters. The van der Waals surface area contributed by atoms with E-state index in [0.29, 0.717) is 30.3 Å². The van der Waals surface area contributed by atoms with Crippen LogP contribution in [0.3, 0.4) is 0 Å². The second-order valence-corrected chi connectivity index (χ2v) is 8.41. The number of ether oxygens (including phenoxy) is 1. The van der Waals surface area contributed by atoms with E-state index >= 15 is 0 Å². The minimum Gasteiger partial charge on any atom is -0.493 e. The van der Waals surface area contributed by atoms with Gasteiger partial charge in [-0.15, -0.1) is 0 Å². The van der Waals surface area contributed by atoms with E-state index in [1.165, 1.54) is 0 Å². The van der Waals surface area contributed by atoms with E-state index in [-0.39, 0.29) is 11.8 Å². The smallest absolute Gasteiger partial charge is 0.225 e. The number of rotatable bonds is 5. The molecule has 5 nitrogen and oxygen atoms in total. The number of nitrogens with zero attached hydrogens (tertiary/aromatic N) is 2. The molecule has 1 aromatic carbocycles. The van der Waals surface area contributed by atoms with Crippen molar-refractivity contribution in [1.82, 2.24) is 9.80 Å².